The second-order valence-corrected chi connectivity index (χ2v) is 9.80. The second kappa shape index (κ2) is 7.45. The Balaban J connectivity index is 1.59. The minimum Gasteiger partial charge on any atom is -0.288 e. The number of carbonyl (C=O) groups excluding carboxylic acids is 1. The first-order valence-electron chi connectivity index (χ1n) is 10.6. The van der Waals surface area contributed by atoms with Crippen molar-refractivity contribution in [2.24, 2.45) is 0 Å². The molecule has 0 fully saturated rings. The van der Waals surface area contributed by atoms with Crippen LogP contribution in [0.15, 0.2) is 36.4 Å². The number of aryl methyl sites for hydroxylation is 1. The SMILES string of the molecule is C/C(=C\c1ccc(C(=O)Nc2nn[nH]n2)cc1)c1cc2c(cc1C)C(C)(C)CC2(C)C. The summed E-state index contributed by atoms with van der Waals surface area (Å²) in [5, 5.41) is 15.8. The number of H-pyrrole nitrogens is 1. The van der Waals surface area contributed by atoms with E-state index in [2.05, 4.69) is 85.7 Å². The summed E-state index contributed by atoms with van der Waals surface area (Å²) >= 11 is 0. The van der Waals surface area contributed by atoms with E-state index in [1.54, 1.807) is 12.1 Å². The van der Waals surface area contributed by atoms with Gasteiger partial charge in [0.25, 0.3) is 11.9 Å². The van der Waals surface area contributed by atoms with Crippen LogP contribution in [0.25, 0.3) is 11.6 Å². The third-order valence-corrected chi connectivity index (χ3v) is 6.26. The standard InChI is InChI=1S/C25H29N5O/c1-15(19-13-21-20(12-16(19)2)24(3,4)14-25(21,5)6)11-17-7-9-18(10-8-17)22(31)26-23-27-29-30-28-23/h7-13H,14H2,1-6H3,(H2,26,27,28,29,30,31)/b15-11+. The normalized spacial score (nSPS) is 16.8. The van der Waals surface area contributed by atoms with Gasteiger partial charge in [0.15, 0.2) is 0 Å². The van der Waals surface area contributed by atoms with E-state index < -0.39 is 0 Å². The number of hydrogen-bond donors (Lipinski definition) is 2. The van der Waals surface area contributed by atoms with Gasteiger partial charge in [0.2, 0.25) is 0 Å². The number of aromatic nitrogens is 4. The number of nitrogens with zero attached hydrogens (tertiary/aromatic N) is 3. The van der Waals surface area contributed by atoms with Crippen LogP contribution in [0, 0.1) is 6.92 Å². The molecule has 0 aliphatic heterocycles. The first kappa shape index (κ1) is 21.0. The van der Waals surface area contributed by atoms with Crippen LogP contribution in [-0.2, 0) is 10.8 Å². The van der Waals surface area contributed by atoms with Crippen LogP contribution in [0.4, 0.5) is 5.95 Å². The van der Waals surface area contributed by atoms with Crippen LogP contribution in [0.2, 0.25) is 0 Å². The van der Waals surface area contributed by atoms with Gasteiger partial charge in [0.05, 0.1) is 0 Å². The molecule has 1 aliphatic rings. The van der Waals surface area contributed by atoms with Crippen molar-refractivity contribution < 1.29 is 4.79 Å². The molecule has 0 saturated heterocycles. The monoisotopic (exact) mass is 415 g/mol. The van der Waals surface area contributed by atoms with E-state index in [9.17, 15) is 4.79 Å². The van der Waals surface area contributed by atoms with Crippen LogP contribution in [0.3, 0.4) is 0 Å². The van der Waals surface area contributed by atoms with Gasteiger partial charge in [0, 0.05) is 5.56 Å². The molecule has 0 spiro atoms. The van der Waals surface area contributed by atoms with E-state index in [4.69, 9.17) is 0 Å². The number of allylic oxidation sites excluding steroid dienone is 1. The molecule has 4 rings (SSSR count). The lowest BCUT2D eigenvalue weighted by atomic mass is 9.82. The van der Waals surface area contributed by atoms with E-state index in [1.807, 2.05) is 12.1 Å². The summed E-state index contributed by atoms with van der Waals surface area (Å²) in [5.74, 6) is -0.115. The molecule has 0 unspecified atom stereocenters. The van der Waals surface area contributed by atoms with Crippen LogP contribution in [-0.4, -0.2) is 26.5 Å². The lowest BCUT2D eigenvalue weighted by Gasteiger charge is -2.22. The van der Waals surface area contributed by atoms with Crippen LogP contribution >= 0.6 is 0 Å². The number of hydrogen-bond acceptors (Lipinski definition) is 4. The number of fused-ring (bicyclic) bond motifs is 1. The maximum absolute atomic E-state index is 12.3. The first-order chi connectivity index (χ1) is 14.6. The fourth-order valence-corrected chi connectivity index (χ4v) is 4.99. The van der Waals surface area contributed by atoms with Crippen LogP contribution in [0.5, 0.6) is 0 Å². The predicted molar refractivity (Wildman–Crippen MR) is 124 cm³/mol. The predicted octanol–water partition coefficient (Wildman–Crippen LogP) is 5.28. The second-order valence-electron chi connectivity index (χ2n) is 9.80. The zero-order valence-electron chi connectivity index (χ0n) is 19.0. The summed E-state index contributed by atoms with van der Waals surface area (Å²) in [6, 6.07) is 12.3. The van der Waals surface area contributed by atoms with Crippen molar-refractivity contribution in [1.29, 1.82) is 0 Å². The molecule has 6 heteroatoms. The van der Waals surface area contributed by atoms with Gasteiger partial charge in [-0.25, -0.2) is 0 Å². The van der Waals surface area contributed by atoms with Crippen molar-refractivity contribution in [2.45, 2.75) is 58.8 Å². The van der Waals surface area contributed by atoms with Gasteiger partial charge >= 0.3 is 0 Å². The molecule has 1 aliphatic carbocycles. The number of rotatable bonds is 4. The number of aromatic amines is 1. The zero-order chi connectivity index (χ0) is 22.4. The zero-order valence-corrected chi connectivity index (χ0v) is 19.0. The minimum atomic E-state index is -0.270. The molecule has 160 valence electrons. The van der Waals surface area contributed by atoms with Crippen molar-refractivity contribution in [2.75, 3.05) is 5.32 Å². The molecule has 6 nitrogen and oxygen atoms in total. The lowest BCUT2D eigenvalue weighted by Crippen LogP contribution is -2.17. The molecule has 3 aromatic rings. The molecule has 31 heavy (non-hydrogen) atoms. The van der Waals surface area contributed by atoms with Gasteiger partial charge in [0.1, 0.15) is 0 Å². The Morgan fingerprint density at radius 1 is 1.06 bits per heavy atom. The molecule has 2 aromatic carbocycles. The van der Waals surface area contributed by atoms with Gasteiger partial charge in [-0.05, 0) is 81.8 Å². The number of amides is 1. The molecular weight excluding hydrogens is 386 g/mol. The quantitative estimate of drug-likeness (QED) is 0.568. The van der Waals surface area contributed by atoms with E-state index in [0.717, 1.165) is 12.0 Å². The molecule has 0 bridgehead atoms. The van der Waals surface area contributed by atoms with E-state index in [-0.39, 0.29) is 22.7 Å². The smallest absolute Gasteiger partial charge is 0.270 e. The van der Waals surface area contributed by atoms with Crippen molar-refractivity contribution in [3.8, 4) is 0 Å². The summed E-state index contributed by atoms with van der Waals surface area (Å²) < 4.78 is 0. The maximum atomic E-state index is 12.3. The minimum absolute atomic E-state index is 0.156. The Hall–Kier alpha value is -3.28. The Morgan fingerprint density at radius 3 is 2.32 bits per heavy atom. The molecule has 1 amide bonds. The van der Waals surface area contributed by atoms with Crippen LogP contribution < -0.4 is 5.32 Å². The highest BCUT2D eigenvalue weighted by Gasteiger charge is 2.42. The maximum Gasteiger partial charge on any atom is 0.270 e. The number of tetrazole rings is 1. The van der Waals surface area contributed by atoms with Gasteiger partial charge in [-0.1, -0.05) is 63.1 Å². The number of carbonyl (C=O) groups is 1. The number of benzene rings is 2. The molecule has 2 N–H and O–H groups in total. The summed E-state index contributed by atoms with van der Waals surface area (Å²) in [6.45, 7) is 13.7. The Kier molecular flexibility index (Phi) is 5.04. The summed E-state index contributed by atoms with van der Waals surface area (Å²) in [5.41, 5.74) is 8.70. The molecule has 1 aromatic heterocycles. The van der Waals surface area contributed by atoms with E-state index >= 15 is 0 Å². The Bertz CT molecular complexity index is 1160. The van der Waals surface area contributed by atoms with Crippen molar-refractivity contribution in [3.05, 3.63) is 69.8 Å². The highest BCUT2D eigenvalue weighted by atomic mass is 16.1. The topological polar surface area (TPSA) is 83.6 Å². The lowest BCUT2D eigenvalue weighted by molar-refractivity contribution is 0.102. The molecular formula is C25H29N5O. The average molecular weight is 416 g/mol. The highest BCUT2D eigenvalue weighted by Crippen LogP contribution is 2.50. The van der Waals surface area contributed by atoms with Crippen molar-refractivity contribution in [1.82, 2.24) is 20.6 Å². The Labute approximate surface area is 183 Å². The highest BCUT2D eigenvalue weighted by molar-refractivity contribution is 6.03. The van der Waals surface area contributed by atoms with Crippen LogP contribution in [0.1, 0.15) is 79.2 Å². The summed E-state index contributed by atoms with van der Waals surface area (Å²) in [4.78, 5) is 12.3. The van der Waals surface area contributed by atoms with Gasteiger partial charge < -0.3 is 0 Å². The summed E-state index contributed by atoms with van der Waals surface area (Å²) in [6.07, 6.45) is 3.33. The number of nitrogens with one attached hydrogen (secondary N) is 2. The van der Waals surface area contributed by atoms with E-state index in [1.165, 1.54) is 27.8 Å². The van der Waals surface area contributed by atoms with Gasteiger partial charge in [-0.2, -0.15) is 5.21 Å². The van der Waals surface area contributed by atoms with Crippen molar-refractivity contribution >= 4 is 23.5 Å². The summed E-state index contributed by atoms with van der Waals surface area (Å²) in [7, 11) is 0. The van der Waals surface area contributed by atoms with Gasteiger partial charge in [-0.15, -0.1) is 5.10 Å². The molecule has 0 radical (unpaired) electrons. The van der Waals surface area contributed by atoms with E-state index in [0.29, 0.717) is 5.56 Å². The molecule has 0 saturated carbocycles. The first-order valence-corrected chi connectivity index (χ1v) is 10.6. The van der Waals surface area contributed by atoms with Crippen molar-refractivity contribution in [3.63, 3.8) is 0 Å². The molecule has 0 atom stereocenters. The van der Waals surface area contributed by atoms with Gasteiger partial charge in [-0.3, -0.25) is 10.1 Å². The molecule has 1 heterocycles. The third-order valence-electron chi connectivity index (χ3n) is 6.26. The average Bonchev–Trinajstić information content (AvgIpc) is 3.25. The Morgan fingerprint density at radius 2 is 1.71 bits per heavy atom. The number of anilines is 1. The fraction of sp³-hybridized carbons (Fsp3) is 0.360. The largest absolute Gasteiger partial charge is 0.288 e. The fourth-order valence-electron chi connectivity index (χ4n) is 4.99. The third kappa shape index (κ3) is 4.02.